The van der Waals surface area contributed by atoms with Crippen LogP contribution in [-0.2, 0) is 14.3 Å². The zero-order valence-electron chi connectivity index (χ0n) is 22.1. The lowest BCUT2D eigenvalue weighted by atomic mass is 9.93. The van der Waals surface area contributed by atoms with Gasteiger partial charge in [0.1, 0.15) is 18.1 Å². The van der Waals surface area contributed by atoms with Gasteiger partial charge >= 0.3 is 0 Å². The lowest BCUT2D eigenvalue weighted by molar-refractivity contribution is -0.140. The molecule has 0 saturated carbocycles. The van der Waals surface area contributed by atoms with Crippen molar-refractivity contribution in [3.63, 3.8) is 0 Å². The molecule has 9 heteroatoms. The molecular weight excluding hydrogens is 488 g/mol. The minimum atomic E-state index is -0.799. The Balaban J connectivity index is 1.78. The maximum Gasteiger partial charge on any atom is 0.295 e. The number of ketones is 1. The second-order valence-electron chi connectivity index (χ2n) is 9.14. The molecule has 0 bridgehead atoms. The van der Waals surface area contributed by atoms with Crippen LogP contribution in [0.25, 0.3) is 5.76 Å². The molecule has 0 radical (unpaired) electrons. The smallest absolute Gasteiger partial charge is 0.295 e. The number of hydrogen-bond donors (Lipinski definition) is 1. The summed E-state index contributed by atoms with van der Waals surface area (Å²) in [4.78, 5) is 30.5. The lowest BCUT2D eigenvalue weighted by Gasteiger charge is -2.31. The van der Waals surface area contributed by atoms with Gasteiger partial charge in [-0.3, -0.25) is 14.5 Å². The molecule has 38 heavy (non-hydrogen) atoms. The second-order valence-corrected chi connectivity index (χ2v) is 9.14. The predicted molar refractivity (Wildman–Crippen MR) is 143 cm³/mol. The summed E-state index contributed by atoms with van der Waals surface area (Å²) in [6.45, 7) is 9.47. The van der Waals surface area contributed by atoms with Gasteiger partial charge in [0, 0.05) is 31.7 Å². The zero-order chi connectivity index (χ0) is 27.2. The van der Waals surface area contributed by atoms with Crippen LogP contribution < -0.4 is 14.2 Å². The quantitative estimate of drug-likeness (QED) is 0.220. The number of hydrogen-bond acceptors (Lipinski definition) is 8. The van der Waals surface area contributed by atoms with Crippen LogP contribution >= 0.6 is 0 Å². The first-order chi connectivity index (χ1) is 18.4. The van der Waals surface area contributed by atoms with Crippen molar-refractivity contribution in [3.05, 3.63) is 71.3 Å². The average molecular weight is 523 g/mol. The molecule has 0 aromatic heterocycles. The molecule has 0 spiro atoms. The van der Waals surface area contributed by atoms with E-state index >= 15 is 0 Å². The lowest BCUT2D eigenvalue weighted by Crippen LogP contribution is -2.42. The highest BCUT2D eigenvalue weighted by molar-refractivity contribution is 6.46. The standard InChI is InChI=1S/C29H34N2O7/c1-5-14-38-21-7-8-22(19(2)17-21)27(32)25-26(20-6-9-23(35-3)24(18-20)36-4)31(29(34)28(25)33)11-10-30-12-15-37-16-13-30/h5-9,17-18,26,32H,1,10-16H2,2-4H3/b27-25+. The fourth-order valence-electron chi connectivity index (χ4n) is 4.85. The molecule has 2 aromatic carbocycles. The first-order valence-corrected chi connectivity index (χ1v) is 12.5. The van der Waals surface area contributed by atoms with Gasteiger partial charge in [0.2, 0.25) is 0 Å². The molecule has 2 heterocycles. The van der Waals surface area contributed by atoms with E-state index in [2.05, 4.69) is 11.5 Å². The summed E-state index contributed by atoms with van der Waals surface area (Å²) >= 11 is 0. The number of nitrogens with zero attached hydrogens (tertiary/aromatic N) is 2. The average Bonchev–Trinajstić information content (AvgIpc) is 3.19. The zero-order valence-corrected chi connectivity index (χ0v) is 22.1. The number of morpholine rings is 1. The fraction of sp³-hybridized carbons (Fsp3) is 0.379. The number of amides is 1. The molecule has 9 nitrogen and oxygen atoms in total. The van der Waals surface area contributed by atoms with E-state index in [0.29, 0.717) is 66.8 Å². The van der Waals surface area contributed by atoms with Crippen molar-refractivity contribution >= 4 is 17.4 Å². The normalized spacial score (nSPS) is 19.4. The van der Waals surface area contributed by atoms with Gasteiger partial charge in [-0.05, 0) is 48.4 Å². The van der Waals surface area contributed by atoms with E-state index < -0.39 is 17.7 Å². The Morgan fingerprint density at radius 1 is 1.08 bits per heavy atom. The number of benzene rings is 2. The summed E-state index contributed by atoms with van der Waals surface area (Å²) in [5, 5.41) is 11.5. The van der Waals surface area contributed by atoms with Gasteiger partial charge in [0.05, 0.1) is 39.0 Å². The topological polar surface area (TPSA) is 97.8 Å². The predicted octanol–water partition coefficient (Wildman–Crippen LogP) is 3.33. The minimum Gasteiger partial charge on any atom is -0.507 e. The van der Waals surface area contributed by atoms with Crippen molar-refractivity contribution in [1.29, 1.82) is 0 Å². The highest BCUT2D eigenvalue weighted by atomic mass is 16.5. The van der Waals surface area contributed by atoms with Gasteiger partial charge in [-0.15, -0.1) is 0 Å². The summed E-state index contributed by atoms with van der Waals surface area (Å²) in [5.74, 6) is -0.0129. The van der Waals surface area contributed by atoms with E-state index in [-0.39, 0.29) is 11.3 Å². The van der Waals surface area contributed by atoms with Crippen LogP contribution in [0.5, 0.6) is 17.2 Å². The number of ether oxygens (including phenoxy) is 4. The first kappa shape index (κ1) is 27.2. The fourth-order valence-corrected chi connectivity index (χ4v) is 4.85. The molecule has 1 unspecified atom stereocenters. The summed E-state index contributed by atoms with van der Waals surface area (Å²) in [6, 6.07) is 9.63. The van der Waals surface area contributed by atoms with Crippen LogP contribution in [0.2, 0.25) is 0 Å². The summed E-state index contributed by atoms with van der Waals surface area (Å²) in [6.07, 6.45) is 1.64. The molecule has 1 N–H and O–H groups in total. The van der Waals surface area contributed by atoms with E-state index in [0.717, 1.165) is 13.1 Å². The van der Waals surface area contributed by atoms with Gasteiger partial charge < -0.3 is 29.0 Å². The summed E-state index contributed by atoms with van der Waals surface area (Å²) in [7, 11) is 3.06. The number of methoxy groups -OCH3 is 2. The molecule has 4 rings (SSSR count). The Labute approximate surface area is 222 Å². The molecule has 2 aromatic rings. The summed E-state index contributed by atoms with van der Waals surface area (Å²) in [5.41, 5.74) is 1.82. The van der Waals surface area contributed by atoms with Gasteiger partial charge in [0.15, 0.2) is 11.5 Å². The molecular formula is C29H34N2O7. The van der Waals surface area contributed by atoms with Crippen LogP contribution in [0, 0.1) is 6.92 Å². The number of Topliss-reactive ketones (excluding diaryl/α,β-unsaturated/α-hetero) is 1. The largest absolute Gasteiger partial charge is 0.507 e. The maximum atomic E-state index is 13.4. The van der Waals surface area contributed by atoms with Crippen molar-refractivity contribution in [2.75, 3.05) is 60.2 Å². The monoisotopic (exact) mass is 522 g/mol. The molecule has 2 saturated heterocycles. The third-order valence-corrected chi connectivity index (χ3v) is 6.84. The Kier molecular flexibility index (Phi) is 8.70. The third-order valence-electron chi connectivity index (χ3n) is 6.84. The first-order valence-electron chi connectivity index (χ1n) is 12.5. The number of rotatable bonds is 10. The second kappa shape index (κ2) is 12.1. The molecule has 2 aliphatic rings. The van der Waals surface area contributed by atoms with Crippen LogP contribution in [-0.4, -0.2) is 86.8 Å². The third kappa shape index (κ3) is 5.54. The Morgan fingerprint density at radius 2 is 1.82 bits per heavy atom. The van der Waals surface area contributed by atoms with Crippen molar-refractivity contribution in [2.45, 2.75) is 13.0 Å². The van der Waals surface area contributed by atoms with E-state index in [1.807, 2.05) is 6.92 Å². The molecule has 2 aliphatic heterocycles. The van der Waals surface area contributed by atoms with Crippen LogP contribution in [0.4, 0.5) is 0 Å². The Morgan fingerprint density at radius 3 is 2.47 bits per heavy atom. The van der Waals surface area contributed by atoms with Crippen LogP contribution in [0.3, 0.4) is 0 Å². The van der Waals surface area contributed by atoms with Crippen LogP contribution in [0.1, 0.15) is 22.7 Å². The number of aryl methyl sites for hydroxylation is 1. The van der Waals surface area contributed by atoms with Gasteiger partial charge in [-0.25, -0.2) is 0 Å². The molecule has 202 valence electrons. The van der Waals surface area contributed by atoms with E-state index in [4.69, 9.17) is 18.9 Å². The van der Waals surface area contributed by atoms with Crippen molar-refractivity contribution < 1.29 is 33.6 Å². The van der Waals surface area contributed by atoms with Crippen molar-refractivity contribution in [3.8, 4) is 17.2 Å². The van der Waals surface area contributed by atoms with Gasteiger partial charge in [0.25, 0.3) is 11.7 Å². The van der Waals surface area contributed by atoms with Crippen molar-refractivity contribution in [1.82, 2.24) is 9.80 Å². The van der Waals surface area contributed by atoms with Crippen LogP contribution in [0.15, 0.2) is 54.6 Å². The van der Waals surface area contributed by atoms with Gasteiger partial charge in [-0.1, -0.05) is 18.7 Å². The Hall–Kier alpha value is -3.82. The maximum absolute atomic E-state index is 13.4. The highest BCUT2D eigenvalue weighted by Gasteiger charge is 2.46. The number of likely N-dealkylation sites (tertiary alicyclic amines) is 1. The summed E-state index contributed by atoms with van der Waals surface area (Å²) < 4.78 is 21.9. The number of aliphatic hydroxyl groups is 1. The van der Waals surface area contributed by atoms with E-state index in [1.54, 1.807) is 42.5 Å². The number of carbonyl (C=O) groups is 2. The SMILES string of the molecule is C=CCOc1ccc(/C(O)=C2\C(=O)C(=O)N(CCN3CCOCC3)C2c2ccc(OC)c(OC)c2)c(C)c1. The van der Waals surface area contributed by atoms with E-state index in [1.165, 1.54) is 19.1 Å². The number of carbonyl (C=O) groups excluding carboxylic acids is 2. The molecule has 1 atom stereocenters. The van der Waals surface area contributed by atoms with Crippen molar-refractivity contribution in [2.24, 2.45) is 0 Å². The Bertz CT molecular complexity index is 1230. The number of aliphatic hydroxyl groups excluding tert-OH is 1. The molecule has 1 amide bonds. The van der Waals surface area contributed by atoms with Gasteiger partial charge in [-0.2, -0.15) is 0 Å². The molecule has 0 aliphatic carbocycles. The highest BCUT2D eigenvalue weighted by Crippen LogP contribution is 2.42. The van der Waals surface area contributed by atoms with E-state index in [9.17, 15) is 14.7 Å². The minimum absolute atomic E-state index is 0.0343. The molecule has 2 fully saturated rings.